The Kier molecular flexibility index (Phi) is 7.35. The van der Waals surface area contributed by atoms with Crippen LogP contribution in [0.15, 0.2) is 47.5 Å². The highest BCUT2D eigenvalue weighted by Gasteiger charge is 2.50. The Morgan fingerprint density at radius 3 is 2.42 bits per heavy atom. The number of guanidine groups is 1. The Labute approximate surface area is 251 Å². The van der Waals surface area contributed by atoms with E-state index in [4.69, 9.17) is 5.73 Å². The molecule has 3 heterocycles. The number of nitrogens with zero attached hydrogens (tertiary/aromatic N) is 6. The number of aliphatic imine (C=N–C) groups is 1. The molecule has 45 heavy (non-hydrogen) atoms. The molecule has 6 rings (SSSR count). The molecule has 0 bridgehead atoms. The van der Waals surface area contributed by atoms with Crippen molar-refractivity contribution in [2.45, 2.75) is 63.2 Å². The van der Waals surface area contributed by atoms with E-state index in [9.17, 15) is 40.3 Å². The molecule has 1 atom stereocenters. The first kappa shape index (κ1) is 30.5. The third-order valence-electron chi connectivity index (χ3n) is 8.35. The lowest BCUT2D eigenvalue weighted by Gasteiger charge is -2.29. The summed E-state index contributed by atoms with van der Waals surface area (Å²) in [4.78, 5) is 33.9. The third kappa shape index (κ3) is 5.73. The smallest absolute Gasteiger partial charge is 0.369 e. The van der Waals surface area contributed by atoms with Gasteiger partial charge in [-0.25, -0.2) is 9.38 Å². The van der Waals surface area contributed by atoms with Crippen LogP contribution in [0.25, 0.3) is 0 Å². The normalized spacial score (nSPS) is 20.4. The maximum absolute atomic E-state index is 14.2. The van der Waals surface area contributed by atoms with Crippen LogP contribution in [-0.4, -0.2) is 48.9 Å². The van der Waals surface area contributed by atoms with Gasteiger partial charge >= 0.3 is 12.4 Å². The predicted molar refractivity (Wildman–Crippen MR) is 143 cm³/mol. The van der Waals surface area contributed by atoms with Crippen LogP contribution < -0.4 is 5.73 Å². The van der Waals surface area contributed by atoms with Crippen molar-refractivity contribution >= 4 is 17.8 Å². The zero-order chi connectivity index (χ0) is 32.3. The third-order valence-corrected chi connectivity index (χ3v) is 8.35. The van der Waals surface area contributed by atoms with Gasteiger partial charge in [-0.05, 0) is 54.2 Å². The number of carbonyl (C=O) groups is 2. The molecule has 1 fully saturated rings. The predicted octanol–water partition coefficient (Wildman–Crippen LogP) is 4.85. The van der Waals surface area contributed by atoms with Crippen molar-refractivity contribution < 1.29 is 40.3 Å². The summed E-state index contributed by atoms with van der Waals surface area (Å²) in [6, 6.07) is 8.25. The van der Waals surface area contributed by atoms with Gasteiger partial charge in [-0.1, -0.05) is 31.0 Å². The maximum atomic E-state index is 14.2. The van der Waals surface area contributed by atoms with Crippen molar-refractivity contribution in [3.05, 3.63) is 82.2 Å². The highest BCUT2D eigenvalue weighted by atomic mass is 19.4. The summed E-state index contributed by atoms with van der Waals surface area (Å²) in [5.41, 5.74) is 3.09. The minimum atomic E-state index is -4.94. The number of rotatable bonds is 7. The number of amides is 2. The fraction of sp³-hybridized carbons (Fsp3) is 0.414. The molecule has 16 heteroatoms. The summed E-state index contributed by atoms with van der Waals surface area (Å²) in [6.45, 7) is -1.53. The van der Waals surface area contributed by atoms with Crippen LogP contribution in [0, 0.1) is 11.7 Å². The van der Waals surface area contributed by atoms with Crippen molar-refractivity contribution in [3.63, 3.8) is 0 Å². The van der Waals surface area contributed by atoms with E-state index in [1.54, 1.807) is 6.07 Å². The molecule has 2 N–H and O–H groups in total. The van der Waals surface area contributed by atoms with E-state index in [0.717, 1.165) is 39.3 Å². The lowest BCUT2D eigenvalue weighted by atomic mass is 9.84. The van der Waals surface area contributed by atoms with E-state index < -0.39 is 59.0 Å². The van der Waals surface area contributed by atoms with Gasteiger partial charge < -0.3 is 15.2 Å². The molecule has 3 aliphatic rings. The number of nitrogens with two attached hydrogens (primary N) is 1. The van der Waals surface area contributed by atoms with E-state index in [1.165, 1.54) is 18.2 Å². The maximum Gasteiger partial charge on any atom is 0.451 e. The van der Waals surface area contributed by atoms with Crippen LogP contribution in [-0.2, 0) is 42.3 Å². The van der Waals surface area contributed by atoms with Gasteiger partial charge in [0.15, 0.2) is 17.3 Å². The van der Waals surface area contributed by atoms with E-state index in [2.05, 4.69) is 15.2 Å². The molecule has 3 aromatic rings. The minimum absolute atomic E-state index is 0.120. The molecule has 238 valence electrons. The van der Waals surface area contributed by atoms with Crippen LogP contribution in [0.5, 0.6) is 0 Å². The first-order chi connectivity index (χ1) is 21.2. The minimum Gasteiger partial charge on any atom is -0.369 e. The quantitative estimate of drug-likeness (QED) is 0.373. The van der Waals surface area contributed by atoms with Crippen LogP contribution in [0.2, 0.25) is 0 Å². The number of fused-ring (bicyclic) bond motifs is 1. The summed E-state index contributed by atoms with van der Waals surface area (Å²) in [5.74, 6) is -3.52. The number of hydrogen-bond donors (Lipinski definition) is 1. The number of alkyl halides is 6. The summed E-state index contributed by atoms with van der Waals surface area (Å²) in [7, 11) is 0. The molecule has 1 saturated carbocycles. The molecule has 2 aliphatic heterocycles. The van der Waals surface area contributed by atoms with Crippen molar-refractivity contribution in [2.75, 3.05) is 6.54 Å². The van der Waals surface area contributed by atoms with Crippen LogP contribution in [0.3, 0.4) is 0 Å². The molecule has 0 saturated heterocycles. The summed E-state index contributed by atoms with van der Waals surface area (Å²) >= 11 is 0. The van der Waals surface area contributed by atoms with Crippen molar-refractivity contribution in [1.29, 1.82) is 0 Å². The lowest BCUT2D eigenvalue weighted by molar-refractivity contribution is -0.148. The van der Waals surface area contributed by atoms with Crippen molar-refractivity contribution in [1.82, 2.24) is 24.6 Å². The lowest BCUT2D eigenvalue weighted by Crippen LogP contribution is -2.43. The average Bonchev–Trinajstić information content (AvgIpc) is 3.65. The number of halogens is 7. The number of benzene rings is 2. The number of aromatic nitrogens is 3. The Balaban J connectivity index is 1.29. The van der Waals surface area contributed by atoms with Crippen molar-refractivity contribution in [2.24, 2.45) is 16.6 Å². The Morgan fingerprint density at radius 1 is 1.00 bits per heavy atom. The second-order valence-electron chi connectivity index (χ2n) is 11.4. The van der Waals surface area contributed by atoms with Gasteiger partial charge in [0.25, 0.3) is 11.8 Å². The van der Waals surface area contributed by atoms with E-state index in [0.29, 0.717) is 24.0 Å². The molecule has 2 amide bonds. The van der Waals surface area contributed by atoms with Gasteiger partial charge in [0.05, 0.1) is 24.2 Å². The molecule has 1 unspecified atom stereocenters. The zero-order valence-corrected chi connectivity index (χ0v) is 23.5. The Hall–Kier alpha value is -4.50. The van der Waals surface area contributed by atoms with Gasteiger partial charge in [0, 0.05) is 13.1 Å². The molecular formula is C29H26F7N7O2. The number of hydrogen-bond acceptors (Lipinski definition) is 6. The van der Waals surface area contributed by atoms with Crippen LogP contribution in [0.1, 0.15) is 64.4 Å². The molecule has 2 aromatic carbocycles. The van der Waals surface area contributed by atoms with Gasteiger partial charge in [-0.15, -0.1) is 10.2 Å². The summed E-state index contributed by atoms with van der Waals surface area (Å²) in [5, 5.41) is 6.61. The first-order valence-electron chi connectivity index (χ1n) is 14.1. The summed E-state index contributed by atoms with van der Waals surface area (Å²) < 4.78 is 96.8. The topological polar surface area (TPSA) is 110 Å². The Morgan fingerprint density at radius 2 is 1.76 bits per heavy atom. The number of carbonyl (C=O) groups excluding carboxylic acids is 2. The molecule has 0 spiro atoms. The SMILES string of the molecule is NC1=NC(CCC2CC2)(c2cccc(F)c2)C(=O)N1Cc1ccc(C(F)(F)F)c(C(=O)N2CCn3c(nnc3C(F)(F)F)C2)c1. The van der Waals surface area contributed by atoms with E-state index >= 15 is 0 Å². The zero-order valence-electron chi connectivity index (χ0n) is 23.5. The second kappa shape index (κ2) is 10.8. The fourth-order valence-corrected chi connectivity index (χ4v) is 5.85. The standard InChI is InChI=1S/C29H26F7N7O2/c30-19-3-1-2-18(13-19)27(9-8-16-4-5-16)25(45)43(26(37)38-27)14-17-6-7-21(28(31,32)33)20(12-17)23(44)41-10-11-42-22(15-41)39-40-24(42)29(34,35)36/h1-3,6-7,12-13,16H,4-5,8-11,14-15H2,(H2,37,38). The van der Waals surface area contributed by atoms with Gasteiger partial charge in [0.1, 0.15) is 5.82 Å². The molecular weight excluding hydrogens is 611 g/mol. The molecule has 1 aliphatic carbocycles. The van der Waals surface area contributed by atoms with Gasteiger partial charge in [-0.3, -0.25) is 14.5 Å². The Bertz CT molecular complexity index is 1700. The highest BCUT2D eigenvalue weighted by Crippen LogP contribution is 2.43. The fourth-order valence-electron chi connectivity index (χ4n) is 5.85. The van der Waals surface area contributed by atoms with Crippen LogP contribution >= 0.6 is 0 Å². The highest BCUT2D eigenvalue weighted by molar-refractivity contribution is 6.07. The van der Waals surface area contributed by atoms with Gasteiger partial charge in [0.2, 0.25) is 5.82 Å². The second-order valence-corrected chi connectivity index (χ2v) is 11.4. The monoisotopic (exact) mass is 637 g/mol. The molecule has 0 radical (unpaired) electrons. The largest absolute Gasteiger partial charge is 0.451 e. The average molecular weight is 638 g/mol. The molecule has 1 aromatic heterocycles. The van der Waals surface area contributed by atoms with Crippen LogP contribution in [0.4, 0.5) is 30.7 Å². The van der Waals surface area contributed by atoms with E-state index in [-0.39, 0.29) is 43.4 Å². The van der Waals surface area contributed by atoms with Crippen molar-refractivity contribution in [3.8, 4) is 0 Å². The first-order valence-corrected chi connectivity index (χ1v) is 14.1. The van der Waals surface area contributed by atoms with Gasteiger partial charge in [-0.2, -0.15) is 26.3 Å². The van der Waals surface area contributed by atoms with E-state index in [1.807, 2.05) is 0 Å². The molecule has 9 nitrogen and oxygen atoms in total. The summed E-state index contributed by atoms with van der Waals surface area (Å²) in [6.07, 6.45) is -6.85.